The van der Waals surface area contributed by atoms with Gasteiger partial charge in [0.1, 0.15) is 17.2 Å². The van der Waals surface area contributed by atoms with Gasteiger partial charge in [0.25, 0.3) is 5.91 Å². The molecule has 3 aromatic carbocycles. The monoisotopic (exact) mass is 362 g/mol. The van der Waals surface area contributed by atoms with Crippen molar-refractivity contribution >= 4 is 28.6 Å². The number of nitrogens with one attached hydrogen (secondary N) is 1. The number of unbranched alkanes of at least 4 members (excludes halogenated alkanes) is 1. The first-order chi connectivity index (χ1) is 13.1. The molecule has 138 valence electrons. The van der Waals surface area contributed by atoms with E-state index in [-0.39, 0.29) is 23.1 Å². The molecule has 3 aromatic rings. The van der Waals surface area contributed by atoms with Gasteiger partial charge in [-0.25, -0.2) is 0 Å². The van der Waals surface area contributed by atoms with Gasteiger partial charge in [0.05, 0.1) is 0 Å². The molecular weight excluding hydrogens is 340 g/mol. The fourth-order valence-corrected chi connectivity index (χ4v) is 2.80. The minimum Gasteiger partial charge on any atom is -0.507 e. The molecule has 0 atom stereocenters. The van der Waals surface area contributed by atoms with E-state index in [0.717, 1.165) is 23.6 Å². The highest BCUT2D eigenvalue weighted by molar-refractivity contribution is 6.03. The summed E-state index contributed by atoms with van der Waals surface area (Å²) in [5, 5.41) is 25.0. The lowest BCUT2D eigenvalue weighted by Gasteiger charge is -2.07. The summed E-state index contributed by atoms with van der Waals surface area (Å²) in [7, 11) is 0. The normalized spacial score (nSPS) is 11.1. The number of hydrogen-bond acceptors (Lipinski definition) is 4. The van der Waals surface area contributed by atoms with Crippen molar-refractivity contribution in [3.05, 3.63) is 65.7 Å². The maximum absolute atomic E-state index is 12.2. The number of benzene rings is 3. The lowest BCUT2D eigenvalue weighted by molar-refractivity contribution is 0.0953. The van der Waals surface area contributed by atoms with Crippen LogP contribution in [0.2, 0.25) is 0 Å². The molecule has 0 radical (unpaired) electrons. The highest BCUT2D eigenvalue weighted by Gasteiger charge is 2.09. The number of aliphatic imine (C=N–C) groups is 1. The molecule has 0 bridgehead atoms. The van der Waals surface area contributed by atoms with Gasteiger partial charge in [-0.15, -0.1) is 0 Å². The van der Waals surface area contributed by atoms with Crippen molar-refractivity contribution in [3.63, 3.8) is 0 Å². The van der Waals surface area contributed by atoms with Gasteiger partial charge < -0.3 is 15.5 Å². The number of carbonyl (C=O) groups excluding carboxylic acids is 1. The summed E-state index contributed by atoms with van der Waals surface area (Å²) in [6.45, 7) is 2.67. The minimum atomic E-state index is -0.201. The minimum absolute atomic E-state index is 0.0314. The topological polar surface area (TPSA) is 81.9 Å². The van der Waals surface area contributed by atoms with Gasteiger partial charge in [-0.1, -0.05) is 43.7 Å². The molecule has 0 saturated heterocycles. The first kappa shape index (κ1) is 18.5. The van der Waals surface area contributed by atoms with E-state index in [1.807, 2.05) is 30.3 Å². The lowest BCUT2D eigenvalue weighted by Crippen LogP contribution is -2.24. The summed E-state index contributed by atoms with van der Waals surface area (Å²) in [4.78, 5) is 16.5. The molecule has 3 N–H and O–H groups in total. The van der Waals surface area contributed by atoms with Crippen LogP contribution in [0.15, 0.2) is 59.6 Å². The zero-order chi connectivity index (χ0) is 19.2. The Balaban J connectivity index is 1.91. The molecule has 0 aliphatic heterocycles. The molecule has 5 nitrogen and oxygen atoms in total. The molecule has 0 aliphatic carbocycles. The molecule has 27 heavy (non-hydrogen) atoms. The van der Waals surface area contributed by atoms with Crippen molar-refractivity contribution in [2.45, 2.75) is 19.8 Å². The number of hydrogen-bond donors (Lipinski definition) is 3. The van der Waals surface area contributed by atoms with E-state index in [0.29, 0.717) is 17.7 Å². The van der Waals surface area contributed by atoms with Crippen molar-refractivity contribution in [2.75, 3.05) is 6.54 Å². The molecular formula is C22H22N2O3. The van der Waals surface area contributed by atoms with Crippen LogP contribution in [0.1, 0.15) is 35.7 Å². The van der Waals surface area contributed by atoms with Gasteiger partial charge >= 0.3 is 0 Å². The summed E-state index contributed by atoms with van der Waals surface area (Å²) in [5.41, 5.74) is 1.26. The van der Waals surface area contributed by atoms with E-state index in [1.54, 1.807) is 12.1 Å². The first-order valence-electron chi connectivity index (χ1n) is 8.96. The number of carbonyl (C=O) groups is 1. The first-order valence-corrected chi connectivity index (χ1v) is 8.96. The average molecular weight is 362 g/mol. The van der Waals surface area contributed by atoms with Crippen LogP contribution in [-0.2, 0) is 0 Å². The van der Waals surface area contributed by atoms with Gasteiger partial charge in [-0.2, -0.15) is 0 Å². The molecule has 0 heterocycles. The largest absolute Gasteiger partial charge is 0.507 e. The molecule has 0 aromatic heterocycles. The molecule has 0 fully saturated rings. The van der Waals surface area contributed by atoms with Crippen LogP contribution in [0, 0.1) is 0 Å². The number of phenolic OH excluding ortho intramolecular Hbond substituents is 2. The number of fused-ring (bicyclic) bond motifs is 1. The summed E-state index contributed by atoms with van der Waals surface area (Å²) in [6.07, 6.45) is 3.42. The predicted molar refractivity (Wildman–Crippen MR) is 108 cm³/mol. The van der Waals surface area contributed by atoms with Crippen LogP contribution in [0.4, 0.5) is 5.69 Å². The van der Waals surface area contributed by atoms with Crippen molar-refractivity contribution in [3.8, 4) is 11.5 Å². The van der Waals surface area contributed by atoms with Crippen LogP contribution < -0.4 is 5.32 Å². The third-order valence-corrected chi connectivity index (χ3v) is 4.33. The highest BCUT2D eigenvalue weighted by atomic mass is 16.3. The van der Waals surface area contributed by atoms with E-state index in [1.165, 1.54) is 18.3 Å². The van der Waals surface area contributed by atoms with Gasteiger partial charge in [-0.3, -0.25) is 9.79 Å². The van der Waals surface area contributed by atoms with E-state index < -0.39 is 0 Å². The van der Waals surface area contributed by atoms with Crippen molar-refractivity contribution in [2.24, 2.45) is 4.99 Å². The van der Waals surface area contributed by atoms with E-state index in [9.17, 15) is 15.0 Å². The SMILES string of the molecule is CCCCNC(=O)c1ccc(O)c(N=Cc2c(O)ccc3ccccc23)c1. The number of aromatic hydroxyl groups is 2. The van der Waals surface area contributed by atoms with Crippen molar-refractivity contribution in [1.82, 2.24) is 5.32 Å². The third-order valence-electron chi connectivity index (χ3n) is 4.33. The second-order valence-corrected chi connectivity index (χ2v) is 6.29. The van der Waals surface area contributed by atoms with Gasteiger partial charge in [0.15, 0.2) is 0 Å². The van der Waals surface area contributed by atoms with Crippen LogP contribution in [0.25, 0.3) is 10.8 Å². The predicted octanol–water partition coefficient (Wildman–Crippen LogP) is 4.53. The third kappa shape index (κ3) is 4.26. The van der Waals surface area contributed by atoms with Crippen molar-refractivity contribution < 1.29 is 15.0 Å². The smallest absolute Gasteiger partial charge is 0.251 e. The van der Waals surface area contributed by atoms with Gasteiger partial charge in [0.2, 0.25) is 0 Å². The zero-order valence-electron chi connectivity index (χ0n) is 15.1. The summed E-state index contributed by atoms with van der Waals surface area (Å²) < 4.78 is 0. The number of nitrogens with zero attached hydrogens (tertiary/aromatic N) is 1. The Kier molecular flexibility index (Phi) is 5.71. The lowest BCUT2D eigenvalue weighted by atomic mass is 10.0. The van der Waals surface area contributed by atoms with Gasteiger partial charge in [-0.05, 0) is 41.5 Å². The van der Waals surface area contributed by atoms with Gasteiger partial charge in [0, 0.05) is 23.9 Å². The maximum Gasteiger partial charge on any atom is 0.251 e. The summed E-state index contributed by atoms with van der Waals surface area (Å²) >= 11 is 0. The number of phenols is 2. The van der Waals surface area contributed by atoms with E-state index in [2.05, 4.69) is 17.2 Å². The molecule has 0 unspecified atom stereocenters. The van der Waals surface area contributed by atoms with Crippen molar-refractivity contribution in [1.29, 1.82) is 0 Å². The fourth-order valence-electron chi connectivity index (χ4n) is 2.80. The Bertz CT molecular complexity index is 996. The Morgan fingerprint density at radius 1 is 1.07 bits per heavy atom. The molecule has 3 rings (SSSR count). The Hall–Kier alpha value is -3.34. The standard InChI is InChI=1S/C22H22N2O3/c1-2-3-12-23-22(27)16-9-11-21(26)19(13-16)24-14-18-17-7-5-4-6-15(17)8-10-20(18)25/h4-11,13-14,25-26H,2-3,12H2,1H3,(H,23,27). The number of amides is 1. The second kappa shape index (κ2) is 8.36. The van der Waals surface area contributed by atoms with E-state index in [4.69, 9.17) is 0 Å². The maximum atomic E-state index is 12.2. The quantitative estimate of drug-likeness (QED) is 0.445. The molecule has 5 heteroatoms. The molecule has 0 aliphatic rings. The fraction of sp³-hybridized carbons (Fsp3) is 0.182. The van der Waals surface area contributed by atoms with Crippen LogP contribution in [0.5, 0.6) is 11.5 Å². The van der Waals surface area contributed by atoms with Crippen LogP contribution in [-0.4, -0.2) is 28.9 Å². The van der Waals surface area contributed by atoms with Crippen LogP contribution >= 0.6 is 0 Å². The van der Waals surface area contributed by atoms with Crippen LogP contribution in [0.3, 0.4) is 0 Å². The second-order valence-electron chi connectivity index (χ2n) is 6.29. The molecule has 0 spiro atoms. The Morgan fingerprint density at radius 3 is 2.67 bits per heavy atom. The zero-order valence-corrected chi connectivity index (χ0v) is 15.1. The number of rotatable bonds is 6. The summed E-state index contributed by atoms with van der Waals surface area (Å²) in [6, 6.07) is 15.6. The highest BCUT2D eigenvalue weighted by Crippen LogP contribution is 2.30. The van der Waals surface area contributed by atoms with E-state index >= 15 is 0 Å². The Morgan fingerprint density at radius 2 is 1.85 bits per heavy atom. The average Bonchev–Trinajstić information content (AvgIpc) is 2.68. The molecule has 1 amide bonds. The Labute approximate surface area is 158 Å². The molecule has 0 saturated carbocycles. The summed E-state index contributed by atoms with van der Waals surface area (Å²) in [5.74, 6) is -0.130.